The molecule has 102 valence electrons. The van der Waals surface area contributed by atoms with Crippen molar-refractivity contribution in [3.8, 4) is 0 Å². The highest BCUT2D eigenvalue weighted by atomic mass is 15.1. The molecule has 3 aromatic carbocycles. The number of anilines is 1. The highest BCUT2D eigenvalue weighted by molar-refractivity contribution is 6.85. The van der Waals surface area contributed by atoms with Crippen LogP contribution in [0.2, 0.25) is 0 Å². The molecule has 0 atom stereocenters. The molecule has 0 unspecified atom stereocenters. The van der Waals surface area contributed by atoms with Crippen molar-refractivity contribution in [3.05, 3.63) is 84.0 Å². The zero-order valence-corrected chi connectivity index (χ0v) is 12.1. The van der Waals surface area contributed by atoms with Crippen LogP contribution in [0.3, 0.4) is 0 Å². The lowest BCUT2D eigenvalue weighted by Crippen LogP contribution is -2.49. The normalized spacial score (nSPS) is 14.7. The Bertz CT molecular complexity index is 955. The molecule has 2 aliphatic rings. The molecular formula is C20H14BN. The Hall–Kier alpha value is -2.74. The van der Waals surface area contributed by atoms with Crippen molar-refractivity contribution in [1.82, 2.24) is 0 Å². The zero-order chi connectivity index (χ0) is 14.5. The van der Waals surface area contributed by atoms with E-state index >= 15 is 0 Å². The molecule has 5 rings (SSSR count). The van der Waals surface area contributed by atoms with Gasteiger partial charge in [-0.15, -0.1) is 0 Å². The molecular weight excluding hydrogens is 265 g/mol. The first-order chi connectivity index (χ1) is 10.9. The highest BCUT2D eigenvalue weighted by Gasteiger charge is 2.31. The molecule has 0 bridgehead atoms. The molecule has 0 fully saturated rings. The van der Waals surface area contributed by atoms with Gasteiger partial charge in [0.25, 0.3) is 0 Å². The molecule has 0 aliphatic carbocycles. The maximum Gasteiger partial charge on any atom is 0.321 e. The quantitative estimate of drug-likeness (QED) is 0.560. The minimum absolute atomic E-state index is 0.279. The van der Waals surface area contributed by atoms with Crippen LogP contribution in [-0.2, 0) is 0 Å². The lowest BCUT2D eigenvalue weighted by molar-refractivity contribution is 1.37. The van der Waals surface area contributed by atoms with E-state index in [4.69, 9.17) is 0 Å². The Morgan fingerprint density at radius 2 is 1.59 bits per heavy atom. The van der Waals surface area contributed by atoms with Gasteiger partial charge in [-0.1, -0.05) is 66.6 Å². The van der Waals surface area contributed by atoms with E-state index in [0.717, 1.165) is 0 Å². The number of hydrogen-bond donors (Lipinski definition) is 0. The second-order valence-corrected chi connectivity index (χ2v) is 5.88. The average Bonchev–Trinajstić information content (AvgIpc) is 2.60. The summed E-state index contributed by atoms with van der Waals surface area (Å²) in [6.07, 6.45) is 6.69. The summed E-state index contributed by atoms with van der Waals surface area (Å²) in [5.41, 5.74) is 5.30. The van der Waals surface area contributed by atoms with Gasteiger partial charge >= 0.3 is 6.85 Å². The number of fused-ring (bicyclic) bond motifs is 7. The fourth-order valence-corrected chi connectivity index (χ4v) is 3.66. The van der Waals surface area contributed by atoms with Gasteiger partial charge in [0.2, 0.25) is 0 Å². The Morgan fingerprint density at radius 1 is 0.727 bits per heavy atom. The zero-order valence-electron chi connectivity index (χ0n) is 12.1. The number of benzene rings is 3. The van der Waals surface area contributed by atoms with Crippen molar-refractivity contribution in [2.45, 2.75) is 0 Å². The van der Waals surface area contributed by atoms with E-state index < -0.39 is 0 Å². The van der Waals surface area contributed by atoms with E-state index in [9.17, 15) is 0 Å². The van der Waals surface area contributed by atoms with Crippen molar-refractivity contribution in [2.24, 2.45) is 0 Å². The third-order valence-electron chi connectivity index (χ3n) is 4.69. The van der Waals surface area contributed by atoms with Gasteiger partial charge in [0.05, 0.1) is 0 Å². The summed E-state index contributed by atoms with van der Waals surface area (Å²) >= 11 is 0. The van der Waals surface area contributed by atoms with Gasteiger partial charge in [0, 0.05) is 5.69 Å². The van der Waals surface area contributed by atoms with Crippen LogP contribution >= 0.6 is 0 Å². The van der Waals surface area contributed by atoms with E-state index in [1.54, 1.807) is 0 Å². The summed E-state index contributed by atoms with van der Waals surface area (Å²) in [4.78, 5) is 2.38. The number of para-hydroxylation sites is 1. The first-order valence-corrected chi connectivity index (χ1v) is 7.67. The maximum absolute atomic E-state index is 2.38. The number of hydrogen-bond acceptors (Lipinski definition) is 1. The van der Waals surface area contributed by atoms with Crippen LogP contribution in [0.5, 0.6) is 0 Å². The fourth-order valence-electron chi connectivity index (χ4n) is 3.66. The van der Waals surface area contributed by atoms with Crippen molar-refractivity contribution in [1.29, 1.82) is 0 Å². The number of nitrogens with zero attached hydrogens (tertiary/aromatic N) is 1. The monoisotopic (exact) mass is 279 g/mol. The first-order valence-electron chi connectivity index (χ1n) is 7.67. The fraction of sp³-hybridized carbons (Fsp3) is 0. The predicted octanol–water partition coefficient (Wildman–Crippen LogP) is 4.10. The van der Waals surface area contributed by atoms with Crippen LogP contribution in [0.1, 0.15) is 11.1 Å². The topological polar surface area (TPSA) is 3.24 Å². The van der Waals surface area contributed by atoms with Crippen LogP contribution in [0, 0.1) is 0 Å². The van der Waals surface area contributed by atoms with Crippen LogP contribution in [-0.4, -0.2) is 6.85 Å². The predicted molar refractivity (Wildman–Crippen MR) is 96.3 cm³/mol. The van der Waals surface area contributed by atoms with Gasteiger partial charge in [0.1, 0.15) is 0 Å². The van der Waals surface area contributed by atoms with Crippen LogP contribution in [0.15, 0.2) is 72.8 Å². The molecule has 3 aromatic rings. The van der Waals surface area contributed by atoms with Gasteiger partial charge in [-0.05, 0) is 45.7 Å². The van der Waals surface area contributed by atoms with Gasteiger partial charge < -0.3 is 4.81 Å². The van der Waals surface area contributed by atoms with E-state index in [2.05, 4.69) is 89.8 Å². The molecule has 0 N–H and O–H groups in total. The minimum Gasteiger partial charge on any atom is -0.383 e. The van der Waals surface area contributed by atoms with E-state index in [1.165, 1.54) is 33.0 Å². The van der Waals surface area contributed by atoms with Crippen molar-refractivity contribution >= 4 is 40.9 Å². The smallest absolute Gasteiger partial charge is 0.321 e. The van der Waals surface area contributed by atoms with Crippen LogP contribution in [0.25, 0.3) is 22.9 Å². The summed E-state index contributed by atoms with van der Waals surface area (Å²) < 4.78 is 0. The van der Waals surface area contributed by atoms with E-state index in [0.29, 0.717) is 0 Å². The molecule has 0 saturated heterocycles. The molecule has 2 heterocycles. The summed E-state index contributed by atoms with van der Waals surface area (Å²) in [7, 11) is 0. The molecule has 2 heteroatoms. The largest absolute Gasteiger partial charge is 0.383 e. The molecule has 0 radical (unpaired) electrons. The van der Waals surface area contributed by atoms with Gasteiger partial charge in [-0.25, -0.2) is 0 Å². The van der Waals surface area contributed by atoms with Crippen molar-refractivity contribution in [3.63, 3.8) is 0 Å². The molecule has 0 amide bonds. The average molecular weight is 279 g/mol. The summed E-state index contributed by atoms with van der Waals surface area (Å²) in [6, 6.07) is 21.7. The van der Waals surface area contributed by atoms with Crippen LogP contribution < -0.4 is 10.3 Å². The third kappa shape index (κ3) is 1.55. The van der Waals surface area contributed by atoms with Crippen molar-refractivity contribution < 1.29 is 0 Å². The molecule has 2 aliphatic heterocycles. The van der Waals surface area contributed by atoms with Gasteiger partial charge in [0.15, 0.2) is 0 Å². The maximum atomic E-state index is 2.38. The van der Waals surface area contributed by atoms with Crippen molar-refractivity contribution in [2.75, 3.05) is 4.81 Å². The Labute approximate surface area is 130 Å². The van der Waals surface area contributed by atoms with Gasteiger partial charge in [-0.2, -0.15) is 0 Å². The first kappa shape index (κ1) is 11.9. The molecule has 22 heavy (non-hydrogen) atoms. The summed E-state index contributed by atoms with van der Waals surface area (Å²) in [5, 5.41) is 2.66. The molecule has 1 nitrogen and oxygen atoms in total. The van der Waals surface area contributed by atoms with Gasteiger partial charge in [-0.3, -0.25) is 0 Å². The lowest BCUT2D eigenvalue weighted by Gasteiger charge is -2.35. The molecule has 0 spiro atoms. The standard InChI is InChI=1S/C20H14BN/c1-3-7-18-15(5-1)9-10-17-12-14-22-19-8-4-2-6-16(19)11-13-21(22)20(17)18/h1-14H. The SMILES string of the molecule is C1=Cc2ccccc2N2C=Cc3ccc4ccccc4c3B12. The minimum atomic E-state index is 0.279. The summed E-state index contributed by atoms with van der Waals surface area (Å²) in [5.74, 6) is 2.32. The third-order valence-corrected chi connectivity index (χ3v) is 4.69. The molecule has 0 saturated carbocycles. The molecule has 0 aromatic heterocycles. The van der Waals surface area contributed by atoms with E-state index in [1.807, 2.05) is 0 Å². The Balaban J connectivity index is 1.80. The number of rotatable bonds is 0. The second kappa shape index (κ2) is 4.38. The van der Waals surface area contributed by atoms with Crippen LogP contribution in [0.4, 0.5) is 5.69 Å². The lowest BCUT2D eigenvalue weighted by atomic mass is 9.49. The Morgan fingerprint density at radius 3 is 2.59 bits per heavy atom. The summed E-state index contributed by atoms with van der Waals surface area (Å²) in [6.45, 7) is 0.279. The Kier molecular flexibility index (Phi) is 2.36. The van der Waals surface area contributed by atoms with E-state index in [-0.39, 0.29) is 6.85 Å². The highest BCUT2D eigenvalue weighted by Crippen LogP contribution is 2.31. The second-order valence-electron chi connectivity index (χ2n) is 5.88.